The van der Waals surface area contributed by atoms with Crippen molar-refractivity contribution in [1.29, 1.82) is 0 Å². The molecule has 172 valence electrons. The van der Waals surface area contributed by atoms with Crippen LogP contribution < -0.4 is 25.6 Å². The average Bonchev–Trinajstić information content (AvgIpc) is 2.80. The van der Waals surface area contributed by atoms with E-state index in [0.717, 1.165) is 31.7 Å². The molecule has 0 aromatic heterocycles. The van der Waals surface area contributed by atoms with Crippen LogP contribution in [-0.2, 0) is 4.79 Å². The Morgan fingerprint density at radius 2 is 1.84 bits per heavy atom. The van der Waals surface area contributed by atoms with Gasteiger partial charge in [-0.1, -0.05) is 26.0 Å². The van der Waals surface area contributed by atoms with Crippen LogP contribution in [0.1, 0.15) is 49.7 Å². The van der Waals surface area contributed by atoms with Gasteiger partial charge < -0.3 is 25.6 Å². The highest BCUT2D eigenvalue weighted by atomic mass is 16.5. The summed E-state index contributed by atoms with van der Waals surface area (Å²) in [4.78, 5) is 27.6. The molecule has 2 aromatic carbocycles. The maximum absolute atomic E-state index is 13.2. The Kier molecular flexibility index (Phi) is 8.11. The van der Waals surface area contributed by atoms with E-state index >= 15 is 0 Å². The van der Waals surface area contributed by atoms with Crippen molar-refractivity contribution >= 4 is 23.2 Å². The number of hydrogen-bond acceptors (Lipinski definition) is 5. The number of benzene rings is 2. The van der Waals surface area contributed by atoms with Crippen molar-refractivity contribution in [2.75, 3.05) is 43.0 Å². The Morgan fingerprint density at radius 1 is 1.09 bits per heavy atom. The van der Waals surface area contributed by atoms with Crippen LogP contribution in [0.3, 0.4) is 0 Å². The van der Waals surface area contributed by atoms with Crippen molar-refractivity contribution in [3.63, 3.8) is 0 Å². The highest BCUT2D eigenvalue weighted by molar-refractivity contribution is 6.00. The van der Waals surface area contributed by atoms with Gasteiger partial charge in [-0.05, 0) is 49.7 Å². The van der Waals surface area contributed by atoms with Crippen LogP contribution in [0.2, 0.25) is 0 Å². The molecule has 3 rings (SSSR count). The number of carbonyl (C=O) groups excluding carboxylic acids is 2. The molecule has 1 aliphatic heterocycles. The number of carbonyl (C=O) groups is 2. The fourth-order valence-corrected chi connectivity index (χ4v) is 3.62. The predicted octanol–water partition coefficient (Wildman–Crippen LogP) is 3.58. The lowest BCUT2D eigenvalue weighted by molar-refractivity contribution is -0.118. The van der Waals surface area contributed by atoms with E-state index in [2.05, 4.69) is 33.0 Å². The molecule has 1 saturated heterocycles. The molecule has 1 unspecified atom stereocenters. The first-order chi connectivity index (χ1) is 15.4. The van der Waals surface area contributed by atoms with E-state index in [-0.39, 0.29) is 23.8 Å². The van der Waals surface area contributed by atoms with Gasteiger partial charge in [0.2, 0.25) is 5.91 Å². The molecular weight excluding hydrogens is 404 g/mol. The number of hydrogen-bond donors (Lipinski definition) is 3. The maximum Gasteiger partial charge on any atom is 0.255 e. The Bertz CT molecular complexity index is 939. The molecule has 7 nitrogen and oxygen atoms in total. The second kappa shape index (κ2) is 11.0. The summed E-state index contributed by atoms with van der Waals surface area (Å²) >= 11 is 0. The standard InChI is InChI=1S/C25H34N4O3/c1-5-32-23-10-9-20(28-24(30)17(2)3)16-22(23)25(31)27-18(4)19-7-6-8-21(15-19)29-13-11-26-12-14-29/h6-10,15-18,26H,5,11-14H2,1-4H3,(H,27,31)(H,28,30). The maximum atomic E-state index is 13.2. The predicted molar refractivity (Wildman–Crippen MR) is 128 cm³/mol. The number of ether oxygens (including phenoxy) is 1. The van der Waals surface area contributed by atoms with Crippen molar-refractivity contribution in [1.82, 2.24) is 10.6 Å². The van der Waals surface area contributed by atoms with Crippen LogP contribution >= 0.6 is 0 Å². The van der Waals surface area contributed by atoms with Crippen molar-refractivity contribution in [2.24, 2.45) is 5.92 Å². The lowest BCUT2D eigenvalue weighted by atomic mass is 10.1. The molecule has 1 aliphatic rings. The van der Waals surface area contributed by atoms with Crippen LogP contribution in [0.15, 0.2) is 42.5 Å². The van der Waals surface area contributed by atoms with Gasteiger partial charge in [-0.25, -0.2) is 0 Å². The number of nitrogens with zero attached hydrogens (tertiary/aromatic N) is 1. The van der Waals surface area contributed by atoms with Gasteiger partial charge >= 0.3 is 0 Å². The van der Waals surface area contributed by atoms with E-state index in [4.69, 9.17) is 4.74 Å². The number of nitrogens with one attached hydrogen (secondary N) is 3. The lowest BCUT2D eigenvalue weighted by Gasteiger charge is -2.30. The highest BCUT2D eigenvalue weighted by Gasteiger charge is 2.19. The molecule has 2 amide bonds. The molecule has 0 spiro atoms. The van der Waals surface area contributed by atoms with E-state index in [9.17, 15) is 9.59 Å². The van der Waals surface area contributed by atoms with Gasteiger partial charge in [-0.3, -0.25) is 9.59 Å². The Balaban J connectivity index is 1.77. The molecule has 1 heterocycles. The van der Waals surface area contributed by atoms with Crippen LogP contribution in [0.5, 0.6) is 5.75 Å². The minimum Gasteiger partial charge on any atom is -0.493 e. The molecule has 7 heteroatoms. The topological polar surface area (TPSA) is 82.7 Å². The summed E-state index contributed by atoms with van der Waals surface area (Å²) in [5.41, 5.74) is 3.18. The summed E-state index contributed by atoms with van der Waals surface area (Å²) in [6.45, 7) is 11.8. The Morgan fingerprint density at radius 3 is 2.53 bits per heavy atom. The smallest absolute Gasteiger partial charge is 0.255 e. The molecule has 1 atom stereocenters. The summed E-state index contributed by atoms with van der Waals surface area (Å²) < 4.78 is 5.67. The first-order valence-electron chi connectivity index (χ1n) is 11.3. The summed E-state index contributed by atoms with van der Waals surface area (Å²) in [5, 5.41) is 9.30. The monoisotopic (exact) mass is 438 g/mol. The third-order valence-electron chi connectivity index (χ3n) is 5.52. The van der Waals surface area contributed by atoms with E-state index in [1.165, 1.54) is 5.69 Å². The normalized spacial score (nSPS) is 14.7. The summed E-state index contributed by atoms with van der Waals surface area (Å²) in [7, 11) is 0. The minimum atomic E-state index is -0.242. The zero-order valence-electron chi connectivity index (χ0n) is 19.4. The van der Waals surface area contributed by atoms with Gasteiger partial charge in [0.1, 0.15) is 5.75 Å². The van der Waals surface area contributed by atoms with Crippen molar-refractivity contribution in [3.05, 3.63) is 53.6 Å². The molecule has 3 N–H and O–H groups in total. The van der Waals surface area contributed by atoms with Crippen molar-refractivity contribution < 1.29 is 14.3 Å². The molecule has 1 fully saturated rings. The molecule has 0 bridgehead atoms. The molecule has 0 saturated carbocycles. The summed E-state index contributed by atoms with van der Waals surface area (Å²) in [5.74, 6) is 0.00364. The second-order valence-corrected chi connectivity index (χ2v) is 8.32. The van der Waals surface area contributed by atoms with Crippen LogP contribution in [0, 0.1) is 5.92 Å². The van der Waals surface area contributed by atoms with E-state index < -0.39 is 0 Å². The zero-order chi connectivity index (χ0) is 23.1. The third kappa shape index (κ3) is 6.01. The van der Waals surface area contributed by atoms with Crippen molar-refractivity contribution in [3.8, 4) is 5.75 Å². The number of amides is 2. The molecule has 2 aromatic rings. The van der Waals surface area contributed by atoms with Gasteiger partial charge in [0.25, 0.3) is 5.91 Å². The van der Waals surface area contributed by atoms with Gasteiger partial charge in [0.15, 0.2) is 0 Å². The summed E-state index contributed by atoms with van der Waals surface area (Å²) in [6, 6.07) is 13.3. The highest BCUT2D eigenvalue weighted by Crippen LogP contribution is 2.26. The largest absolute Gasteiger partial charge is 0.493 e. The van der Waals surface area contributed by atoms with Crippen LogP contribution in [0.4, 0.5) is 11.4 Å². The second-order valence-electron chi connectivity index (χ2n) is 8.32. The molecule has 0 aliphatic carbocycles. The van der Waals surface area contributed by atoms with Crippen molar-refractivity contribution in [2.45, 2.75) is 33.7 Å². The van der Waals surface area contributed by atoms with Gasteiger partial charge in [0.05, 0.1) is 18.2 Å². The van der Waals surface area contributed by atoms with Gasteiger partial charge in [0, 0.05) is 43.5 Å². The number of anilines is 2. The summed E-state index contributed by atoms with van der Waals surface area (Å²) in [6.07, 6.45) is 0. The van der Waals surface area contributed by atoms with E-state index in [1.807, 2.05) is 39.8 Å². The Hall–Kier alpha value is -3.06. The first kappa shape index (κ1) is 23.6. The molecular formula is C25H34N4O3. The van der Waals surface area contributed by atoms with E-state index in [0.29, 0.717) is 23.6 Å². The van der Waals surface area contributed by atoms with E-state index in [1.54, 1.807) is 18.2 Å². The fraction of sp³-hybridized carbons (Fsp3) is 0.440. The van der Waals surface area contributed by atoms with Crippen LogP contribution in [-0.4, -0.2) is 44.6 Å². The lowest BCUT2D eigenvalue weighted by Crippen LogP contribution is -2.43. The quantitative estimate of drug-likeness (QED) is 0.587. The minimum absolute atomic E-state index is 0.0985. The number of piperazine rings is 1. The van der Waals surface area contributed by atoms with Gasteiger partial charge in [-0.15, -0.1) is 0 Å². The third-order valence-corrected chi connectivity index (χ3v) is 5.52. The number of rotatable bonds is 8. The Labute approximate surface area is 190 Å². The average molecular weight is 439 g/mol. The van der Waals surface area contributed by atoms with Crippen LogP contribution in [0.25, 0.3) is 0 Å². The molecule has 0 radical (unpaired) electrons. The fourth-order valence-electron chi connectivity index (χ4n) is 3.62. The first-order valence-corrected chi connectivity index (χ1v) is 11.3. The zero-order valence-corrected chi connectivity index (χ0v) is 19.4. The van der Waals surface area contributed by atoms with Gasteiger partial charge in [-0.2, -0.15) is 0 Å². The SMILES string of the molecule is CCOc1ccc(NC(=O)C(C)C)cc1C(=O)NC(C)c1cccc(N2CCNCC2)c1. The molecule has 32 heavy (non-hydrogen) atoms.